The van der Waals surface area contributed by atoms with Crippen LogP contribution in [-0.2, 0) is 0 Å². The fourth-order valence-corrected chi connectivity index (χ4v) is 3.73. The molecule has 1 heterocycles. The molecule has 4 nitrogen and oxygen atoms in total. The molecule has 0 saturated carbocycles. The molecular formula is C14H19ClN2O2S. The molecule has 2 rings (SSSR count). The van der Waals surface area contributed by atoms with Crippen molar-refractivity contribution in [2.75, 3.05) is 18.1 Å². The number of thioether (sulfide) groups is 1. The first-order valence-electron chi connectivity index (χ1n) is 6.59. The van der Waals surface area contributed by atoms with E-state index in [1.807, 2.05) is 25.1 Å². The molecule has 2 atom stereocenters. The van der Waals surface area contributed by atoms with Gasteiger partial charge in [-0.3, -0.25) is 0 Å². The third kappa shape index (κ3) is 4.04. The van der Waals surface area contributed by atoms with E-state index in [-0.39, 0.29) is 18.6 Å². The van der Waals surface area contributed by atoms with Gasteiger partial charge in [0.2, 0.25) is 0 Å². The zero-order valence-electron chi connectivity index (χ0n) is 11.4. The lowest BCUT2D eigenvalue weighted by Crippen LogP contribution is -2.46. The van der Waals surface area contributed by atoms with Gasteiger partial charge in [-0.1, -0.05) is 29.8 Å². The van der Waals surface area contributed by atoms with Crippen LogP contribution in [0.25, 0.3) is 0 Å². The van der Waals surface area contributed by atoms with Crippen LogP contribution in [0.15, 0.2) is 24.3 Å². The zero-order chi connectivity index (χ0) is 14.6. The van der Waals surface area contributed by atoms with Crippen molar-refractivity contribution in [2.24, 2.45) is 0 Å². The highest BCUT2D eigenvalue weighted by Gasteiger charge is 2.32. The maximum atomic E-state index is 11.9. The smallest absolute Gasteiger partial charge is 0.315 e. The highest BCUT2D eigenvalue weighted by Crippen LogP contribution is 2.27. The van der Waals surface area contributed by atoms with E-state index < -0.39 is 5.60 Å². The van der Waals surface area contributed by atoms with Gasteiger partial charge >= 0.3 is 6.03 Å². The van der Waals surface area contributed by atoms with Crippen molar-refractivity contribution in [3.63, 3.8) is 0 Å². The second kappa shape index (κ2) is 6.70. The highest BCUT2D eigenvalue weighted by molar-refractivity contribution is 7.99. The predicted octanol–water partition coefficient (Wildman–Crippen LogP) is 2.57. The summed E-state index contributed by atoms with van der Waals surface area (Å²) in [4.78, 5) is 11.9. The maximum Gasteiger partial charge on any atom is 0.315 e. The van der Waals surface area contributed by atoms with Crippen molar-refractivity contribution >= 4 is 29.4 Å². The predicted molar refractivity (Wildman–Crippen MR) is 83.3 cm³/mol. The van der Waals surface area contributed by atoms with Crippen molar-refractivity contribution in [1.29, 1.82) is 0 Å². The molecule has 1 aliphatic heterocycles. The number of nitrogens with one attached hydrogen (secondary N) is 2. The lowest BCUT2D eigenvalue weighted by atomic mass is 10.0. The molecule has 0 radical (unpaired) electrons. The van der Waals surface area contributed by atoms with Crippen molar-refractivity contribution in [1.82, 2.24) is 10.6 Å². The number of hydrogen-bond acceptors (Lipinski definition) is 3. The molecule has 110 valence electrons. The number of amides is 2. The Balaban J connectivity index is 1.84. The second-order valence-electron chi connectivity index (χ2n) is 5.10. The summed E-state index contributed by atoms with van der Waals surface area (Å²) in [5.41, 5.74) is 0.106. The van der Waals surface area contributed by atoms with E-state index in [1.165, 1.54) is 0 Å². The van der Waals surface area contributed by atoms with Crippen LogP contribution < -0.4 is 10.6 Å². The average molecular weight is 315 g/mol. The van der Waals surface area contributed by atoms with E-state index in [2.05, 4.69) is 10.6 Å². The lowest BCUT2D eigenvalue weighted by molar-refractivity contribution is 0.0699. The van der Waals surface area contributed by atoms with Gasteiger partial charge in [0.05, 0.1) is 11.6 Å². The van der Waals surface area contributed by atoms with Crippen molar-refractivity contribution in [3.8, 4) is 0 Å². The Bertz CT molecular complexity index is 478. The van der Waals surface area contributed by atoms with Crippen LogP contribution in [0.4, 0.5) is 4.79 Å². The molecule has 0 aromatic heterocycles. The van der Waals surface area contributed by atoms with Gasteiger partial charge in [-0.05, 0) is 30.7 Å². The molecule has 1 fully saturated rings. The summed E-state index contributed by atoms with van der Waals surface area (Å²) in [6.07, 6.45) is 0.720. The lowest BCUT2D eigenvalue weighted by Gasteiger charge is -2.23. The van der Waals surface area contributed by atoms with Gasteiger partial charge in [0.25, 0.3) is 0 Å². The van der Waals surface area contributed by atoms with Crippen molar-refractivity contribution < 1.29 is 9.90 Å². The highest BCUT2D eigenvalue weighted by atomic mass is 35.5. The van der Waals surface area contributed by atoms with Crippen molar-refractivity contribution in [3.05, 3.63) is 34.9 Å². The van der Waals surface area contributed by atoms with Crippen LogP contribution in [0.1, 0.15) is 24.9 Å². The van der Waals surface area contributed by atoms with Crippen LogP contribution in [0.5, 0.6) is 0 Å². The fourth-order valence-electron chi connectivity index (χ4n) is 2.13. The fraction of sp³-hybridized carbons (Fsp3) is 0.500. The number of aliphatic hydroxyl groups is 1. The Hall–Kier alpha value is -0.910. The van der Waals surface area contributed by atoms with E-state index >= 15 is 0 Å². The number of rotatable bonds is 4. The number of urea groups is 1. The third-order valence-electron chi connectivity index (χ3n) is 3.38. The normalized spacial score (nSPS) is 23.4. The Morgan fingerprint density at radius 2 is 2.30 bits per heavy atom. The molecule has 2 amide bonds. The second-order valence-corrected chi connectivity index (χ2v) is 6.61. The summed E-state index contributed by atoms with van der Waals surface area (Å²) < 4.78 is 0. The molecule has 3 N–H and O–H groups in total. The largest absolute Gasteiger partial charge is 0.387 e. The van der Waals surface area contributed by atoms with Gasteiger partial charge in [-0.25, -0.2) is 4.79 Å². The Morgan fingerprint density at radius 3 is 2.95 bits per heavy atom. The molecule has 6 heteroatoms. The molecule has 0 aliphatic carbocycles. The average Bonchev–Trinajstić information content (AvgIpc) is 2.84. The molecule has 1 aromatic carbocycles. The summed E-state index contributed by atoms with van der Waals surface area (Å²) in [6.45, 7) is 2.15. The Labute approximate surface area is 128 Å². The van der Waals surface area contributed by atoms with Gasteiger partial charge in [0.15, 0.2) is 0 Å². The Kier molecular flexibility index (Phi) is 5.18. The number of carbonyl (C=O) groups excluding carboxylic acids is 1. The SMILES string of the molecule is CC(NC(=O)NCC1(O)CCSC1)c1ccccc1Cl. The summed E-state index contributed by atoms with van der Waals surface area (Å²) in [7, 11) is 0. The van der Waals surface area contributed by atoms with E-state index in [1.54, 1.807) is 17.8 Å². The number of benzene rings is 1. The topological polar surface area (TPSA) is 61.4 Å². The molecule has 1 aliphatic rings. The summed E-state index contributed by atoms with van der Waals surface area (Å²) in [5.74, 6) is 1.61. The quantitative estimate of drug-likeness (QED) is 0.800. The van der Waals surface area contributed by atoms with Gasteiger partial charge in [0.1, 0.15) is 0 Å². The minimum absolute atomic E-state index is 0.184. The van der Waals surface area contributed by atoms with E-state index in [4.69, 9.17) is 11.6 Å². The number of carbonyl (C=O) groups is 1. The van der Waals surface area contributed by atoms with Crippen molar-refractivity contribution in [2.45, 2.75) is 25.0 Å². The zero-order valence-corrected chi connectivity index (χ0v) is 12.9. The van der Waals surface area contributed by atoms with E-state index in [0.717, 1.165) is 17.7 Å². The molecule has 0 spiro atoms. The first kappa shape index (κ1) is 15.5. The minimum Gasteiger partial charge on any atom is -0.387 e. The first-order chi connectivity index (χ1) is 9.50. The van der Waals surface area contributed by atoms with E-state index in [0.29, 0.717) is 10.8 Å². The van der Waals surface area contributed by atoms with Gasteiger partial charge in [-0.15, -0.1) is 0 Å². The van der Waals surface area contributed by atoms with Gasteiger partial charge < -0.3 is 15.7 Å². The molecule has 1 aromatic rings. The third-order valence-corrected chi connectivity index (χ3v) is 4.96. The van der Waals surface area contributed by atoms with Gasteiger partial charge in [-0.2, -0.15) is 11.8 Å². The molecule has 20 heavy (non-hydrogen) atoms. The van der Waals surface area contributed by atoms with Crippen LogP contribution in [-0.4, -0.2) is 34.8 Å². The molecule has 1 saturated heterocycles. The first-order valence-corrected chi connectivity index (χ1v) is 8.12. The van der Waals surface area contributed by atoms with Crippen LogP contribution in [0.3, 0.4) is 0 Å². The summed E-state index contributed by atoms with van der Waals surface area (Å²) in [5, 5.41) is 16.3. The molecule has 2 unspecified atom stereocenters. The minimum atomic E-state index is -0.768. The van der Waals surface area contributed by atoms with E-state index in [9.17, 15) is 9.90 Å². The van der Waals surface area contributed by atoms with Gasteiger partial charge in [0, 0.05) is 17.3 Å². The monoisotopic (exact) mass is 314 g/mol. The summed E-state index contributed by atoms with van der Waals surface area (Å²) in [6, 6.07) is 6.95. The standard InChI is InChI=1S/C14H19ClN2O2S/c1-10(11-4-2-3-5-12(11)15)17-13(18)16-8-14(19)6-7-20-9-14/h2-5,10,19H,6-9H2,1H3,(H2,16,17,18). The number of hydrogen-bond donors (Lipinski definition) is 3. The Morgan fingerprint density at radius 1 is 1.55 bits per heavy atom. The number of halogens is 1. The summed E-state index contributed by atoms with van der Waals surface area (Å²) >= 11 is 7.80. The molecule has 0 bridgehead atoms. The van der Waals surface area contributed by atoms with Crippen LogP contribution in [0.2, 0.25) is 5.02 Å². The van der Waals surface area contributed by atoms with Crippen LogP contribution >= 0.6 is 23.4 Å². The molecular weight excluding hydrogens is 296 g/mol. The maximum absolute atomic E-state index is 11.9. The van der Waals surface area contributed by atoms with Crippen LogP contribution in [0, 0.1) is 0 Å².